The maximum absolute atomic E-state index is 13.3. The standard InChI is InChI=1S/C26H19ClN4O2S/c1-15-11-20(19-5-3-4-6-22(19)33-2)21(14-28-15)25(32)31-26-30-24-23(34-26)12-17(13-29-24)16-7-9-18(27)10-8-16/h3-14H,1-2H3,(H,29,30,31,32). The second kappa shape index (κ2) is 9.21. The fraction of sp³-hybridized carbons (Fsp3) is 0.0769. The van der Waals surface area contributed by atoms with Crippen LogP contribution in [0.4, 0.5) is 5.13 Å². The lowest BCUT2D eigenvalue weighted by atomic mass is 9.99. The van der Waals surface area contributed by atoms with Gasteiger partial charge in [0.25, 0.3) is 5.91 Å². The summed E-state index contributed by atoms with van der Waals surface area (Å²) in [7, 11) is 1.61. The van der Waals surface area contributed by atoms with E-state index in [1.165, 1.54) is 11.3 Å². The first-order valence-corrected chi connectivity index (χ1v) is 11.6. The van der Waals surface area contributed by atoms with Crippen molar-refractivity contribution in [2.24, 2.45) is 0 Å². The number of halogens is 1. The van der Waals surface area contributed by atoms with E-state index in [1.807, 2.05) is 67.6 Å². The zero-order valence-corrected chi connectivity index (χ0v) is 19.9. The summed E-state index contributed by atoms with van der Waals surface area (Å²) < 4.78 is 6.38. The van der Waals surface area contributed by atoms with Crippen molar-refractivity contribution < 1.29 is 9.53 Å². The van der Waals surface area contributed by atoms with E-state index in [-0.39, 0.29) is 5.91 Å². The maximum Gasteiger partial charge on any atom is 0.259 e. The third-order valence-corrected chi connectivity index (χ3v) is 6.49. The van der Waals surface area contributed by atoms with Crippen molar-refractivity contribution in [1.29, 1.82) is 0 Å². The van der Waals surface area contributed by atoms with E-state index in [9.17, 15) is 4.79 Å². The number of nitrogens with one attached hydrogen (secondary N) is 1. The Labute approximate surface area is 205 Å². The van der Waals surface area contributed by atoms with Crippen molar-refractivity contribution in [2.45, 2.75) is 6.92 Å². The maximum atomic E-state index is 13.3. The molecule has 5 rings (SSSR count). The highest BCUT2D eigenvalue weighted by Crippen LogP contribution is 2.34. The number of methoxy groups -OCH3 is 1. The van der Waals surface area contributed by atoms with Gasteiger partial charge in [0, 0.05) is 39.8 Å². The molecule has 0 aliphatic heterocycles. The molecule has 0 fully saturated rings. The van der Waals surface area contributed by atoms with E-state index in [0.29, 0.717) is 27.1 Å². The van der Waals surface area contributed by atoms with Gasteiger partial charge in [0.1, 0.15) is 5.75 Å². The molecule has 0 saturated heterocycles. The fourth-order valence-electron chi connectivity index (χ4n) is 3.67. The van der Waals surface area contributed by atoms with Crippen LogP contribution in [0.5, 0.6) is 5.75 Å². The van der Waals surface area contributed by atoms with E-state index in [0.717, 1.165) is 32.6 Å². The van der Waals surface area contributed by atoms with Crippen molar-refractivity contribution in [3.63, 3.8) is 0 Å². The smallest absolute Gasteiger partial charge is 0.259 e. The van der Waals surface area contributed by atoms with E-state index >= 15 is 0 Å². The number of carbonyl (C=O) groups is 1. The summed E-state index contributed by atoms with van der Waals surface area (Å²) in [4.78, 5) is 26.6. The Balaban J connectivity index is 1.47. The van der Waals surface area contributed by atoms with Gasteiger partial charge in [-0.3, -0.25) is 15.1 Å². The van der Waals surface area contributed by atoms with E-state index < -0.39 is 0 Å². The topological polar surface area (TPSA) is 77.0 Å². The molecule has 0 spiro atoms. The first kappa shape index (κ1) is 22.0. The number of rotatable bonds is 5. The number of nitrogens with zero attached hydrogens (tertiary/aromatic N) is 3. The van der Waals surface area contributed by atoms with Gasteiger partial charge in [-0.25, -0.2) is 4.98 Å². The second-order valence-corrected chi connectivity index (χ2v) is 9.06. The number of ether oxygens (including phenoxy) is 1. The molecule has 5 aromatic rings. The summed E-state index contributed by atoms with van der Waals surface area (Å²) in [5.74, 6) is 0.381. The number of fused-ring (bicyclic) bond motifs is 1. The van der Waals surface area contributed by atoms with Crippen molar-refractivity contribution in [3.8, 4) is 28.0 Å². The molecule has 0 aliphatic rings. The third kappa shape index (κ3) is 4.35. The SMILES string of the molecule is COc1ccccc1-c1cc(C)ncc1C(=O)Nc1nc2ncc(-c3ccc(Cl)cc3)cc2s1. The van der Waals surface area contributed by atoms with Gasteiger partial charge in [0.15, 0.2) is 10.8 Å². The minimum absolute atomic E-state index is 0.301. The first-order chi connectivity index (χ1) is 16.5. The van der Waals surface area contributed by atoms with E-state index in [4.69, 9.17) is 16.3 Å². The van der Waals surface area contributed by atoms with Crippen LogP contribution in [-0.4, -0.2) is 28.0 Å². The molecule has 6 nitrogen and oxygen atoms in total. The van der Waals surface area contributed by atoms with Crippen molar-refractivity contribution in [1.82, 2.24) is 15.0 Å². The highest BCUT2D eigenvalue weighted by molar-refractivity contribution is 7.22. The predicted octanol–water partition coefficient (Wildman–Crippen LogP) is 6.64. The van der Waals surface area contributed by atoms with Crippen LogP contribution in [-0.2, 0) is 0 Å². The number of amides is 1. The number of thiazole rings is 1. The van der Waals surface area contributed by atoms with Crippen LogP contribution in [0.15, 0.2) is 73.1 Å². The average molecular weight is 487 g/mol. The number of para-hydroxylation sites is 1. The summed E-state index contributed by atoms with van der Waals surface area (Å²) in [5, 5.41) is 4.06. The Morgan fingerprint density at radius 1 is 0.971 bits per heavy atom. The molecule has 0 radical (unpaired) electrons. The van der Waals surface area contributed by atoms with Gasteiger partial charge in [-0.1, -0.05) is 53.3 Å². The normalized spacial score (nSPS) is 10.9. The minimum Gasteiger partial charge on any atom is -0.496 e. The Kier molecular flexibility index (Phi) is 5.96. The first-order valence-electron chi connectivity index (χ1n) is 10.5. The number of hydrogen-bond acceptors (Lipinski definition) is 6. The number of benzene rings is 2. The molecular weight excluding hydrogens is 468 g/mol. The van der Waals surface area contributed by atoms with Crippen molar-refractivity contribution in [2.75, 3.05) is 12.4 Å². The average Bonchev–Trinajstić information content (AvgIpc) is 3.25. The van der Waals surface area contributed by atoms with Crippen LogP contribution in [0.1, 0.15) is 16.1 Å². The van der Waals surface area contributed by atoms with Gasteiger partial charge in [-0.15, -0.1) is 0 Å². The largest absolute Gasteiger partial charge is 0.496 e. The molecule has 3 aromatic heterocycles. The highest BCUT2D eigenvalue weighted by atomic mass is 35.5. The quantitative estimate of drug-likeness (QED) is 0.301. The van der Waals surface area contributed by atoms with Crippen LogP contribution in [0.2, 0.25) is 5.02 Å². The molecule has 2 aromatic carbocycles. The number of pyridine rings is 2. The molecule has 0 unspecified atom stereocenters. The van der Waals surface area contributed by atoms with Crippen molar-refractivity contribution in [3.05, 3.63) is 89.3 Å². The van der Waals surface area contributed by atoms with Crippen LogP contribution in [0.25, 0.3) is 32.6 Å². The molecule has 0 atom stereocenters. The zero-order valence-electron chi connectivity index (χ0n) is 18.4. The van der Waals surface area contributed by atoms with Gasteiger partial charge >= 0.3 is 0 Å². The zero-order chi connectivity index (χ0) is 23.7. The van der Waals surface area contributed by atoms with Gasteiger partial charge in [-0.2, -0.15) is 4.98 Å². The van der Waals surface area contributed by atoms with Gasteiger partial charge in [0.2, 0.25) is 0 Å². The van der Waals surface area contributed by atoms with Crippen LogP contribution in [0.3, 0.4) is 0 Å². The van der Waals surface area contributed by atoms with Gasteiger partial charge in [0.05, 0.1) is 17.4 Å². The molecule has 34 heavy (non-hydrogen) atoms. The number of aryl methyl sites for hydroxylation is 1. The number of anilines is 1. The summed E-state index contributed by atoms with van der Waals surface area (Å²) in [6.45, 7) is 1.89. The fourth-order valence-corrected chi connectivity index (χ4v) is 4.65. The minimum atomic E-state index is -0.301. The molecule has 8 heteroatoms. The summed E-state index contributed by atoms with van der Waals surface area (Å²) in [6, 6.07) is 19.0. The number of hydrogen-bond donors (Lipinski definition) is 1. The lowest BCUT2D eigenvalue weighted by Crippen LogP contribution is -2.14. The predicted molar refractivity (Wildman–Crippen MR) is 137 cm³/mol. The van der Waals surface area contributed by atoms with E-state index in [1.54, 1.807) is 19.5 Å². The lowest BCUT2D eigenvalue weighted by Gasteiger charge is -2.13. The molecule has 1 amide bonds. The molecule has 3 heterocycles. The third-order valence-electron chi connectivity index (χ3n) is 5.33. The van der Waals surface area contributed by atoms with Crippen LogP contribution >= 0.6 is 22.9 Å². The second-order valence-electron chi connectivity index (χ2n) is 7.60. The molecular formula is C26H19ClN4O2S. The number of aromatic nitrogens is 3. The van der Waals surface area contributed by atoms with Crippen molar-refractivity contribution >= 4 is 44.3 Å². The molecule has 0 bridgehead atoms. The molecule has 1 N–H and O–H groups in total. The highest BCUT2D eigenvalue weighted by Gasteiger charge is 2.18. The monoisotopic (exact) mass is 486 g/mol. The summed E-state index contributed by atoms with van der Waals surface area (Å²) in [5.41, 5.74) is 5.33. The Morgan fingerprint density at radius 2 is 1.76 bits per heavy atom. The summed E-state index contributed by atoms with van der Waals surface area (Å²) in [6.07, 6.45) is 3.34. The number of carbonyl (C=O) groups excluding carboxylic acids is 1. The van der Waals surface area contributed by atoms with Gasteiger partial charge in [-0.05, 0) is 42.8 Å². The molecule has 0 saturated carbocycles. The van der Waals surface area contributed by atoms with Gasteiger partial charge < -0.3 is 4.74 Å². The molecule has 168 valence electrons. The Bertz CT molecular complexity index is 1520. The van der Waals surface area contributed by atoms with Crippen LogP contribution < -0.4 is 10.1 Å². The van der Waals surface area contributed by atoms with E-state index in [2.05, 4.69) is 20.3 Å². The molecule has 0 aliphatic carbocycles. The van der Waals surface area contributed by atoms with Crippen LogP contribution in [0, 0.1) is 6.92 Å². The summed E-state index contributed by atoms with van der Waals surface area (Å²) >= 11 is 7.37. The Morgan fingerprint density at radius 3 is 2.56 bits per heavy atom. The lowest BCUT2D eigenvalue weighted by molar-refractivity contribution is 0.102. The Hall–Kier alpha value is -3.81.